The van der Waals surface area contributed by atoms with Crippen LogP contribution in [0.3, 0.4) is 0 Å². The Hall–Kier alpha value is -1.28. The summed E-state index contributed by atoms with van der Waals surface area (Å²) in [6, 6.07) is -0.902. The van der Waals surface area contributed by atoms with E-state index in [1.807, 2.05) is 27.2 Å². The molecule has 3 atom stereocenters. The van der Waals surface area contributed by atoms with Crippen LogP contribution in [0.25, 0.3) is 0 Å². The van der Waals surface area contributed by atoms with Gasteiger partial charge in [0.15, 0.2) is 0 Å². The van der Waals surface area contributed by atoms with Crippen molar-refractivity contribution in [1.29, 1.82) is 0 Å². The van der Waals surface area contributed by atoms with Crippen molar-refractivity contribution < 1.29 is 32.9 Å². The molecule has 0 spiro atoms. The summed E-state index contributed by atoms with van der Waals surface area (Å²) in [5, 5.41) is 13.5. The van der Waals surface area contributed by atoms with Crippen molar-refractivity contribution in [2.24, 2.45) is 0 Å². The molecule has 0 aromatic rings. The molecule has 0 heterocycles. The average Bonchev–Trinajstić information content (AvgIpc) is 3.12. The van der Waals surface area contributed by atoms with Crippen LogP contribution in [-0.2, 0) is 18.4 Å². The number of phosphoric ester groups is 1. The SMILES string of the molecule is CCCCCCCCCCCCCCCCCCCCC/C=C/CC/C=C/CC/C=C/C(O)C(COP(=O)([O-])OCC[N+](C)(C)C)NC(=O)CCCCC. The van der Waals surface area contributed by atoms with E-state index in [9.17, 15) is 19.4 Å². The van der Waals surface area contributed by atoms with Crippen molar-refractivity contribution in [3.05, 3.63) is 36.5 Å². The first-order valence-electron chi connectivity index (χ1n) is 22.4. The zero-order chi connectivity index (χ0) is 40.0. The summed E-state index contributed by atoms with van der Waals surface area (Å²) in [4.78, 5) is 24.7. The summed E-state index contributed by atoms with van der Waals surface area (Å²) in [5.74, 6) is -0.237. The molecule has 318 valence electrons. The van der Waals surface area contributed by atoms with Crippen molar-refractivity contribution in [2.75, 3.05) is 40.9 Å². The van der Waals surface area contributed by atoms with E-state index in [0.717, 1.165) is 44.9 Å². The molecule has 0 aliphatic rings. The number of quaternary nitrogens is 1. The van der Waals surface area contributed by atoms with Crippen molar-refractivity contribution in [3.63, 3.8) is 0 Å². The number of aliphatic hydroxyl groups is 1. The summed E-state index contributed by atoms with van der Waals surface area (Å²) in [7, 11) is 1.23. The number of aliphatic hydroxyl groups excluding tert-OH is 1. The lowest BCUT2D eigenvalue weighted by Crippen LogP contribution is -2.45. The first-order chi connectivity index (χ1) is 26.0. The third-order valence-corrected chi connectivity index (χ3v) is 10.8. The van der Waals surface area contributed by atoms with Crippen LogP contribution in [0, 0.1) is 0 Å². The summed E-state index contributed by atoms with van der Waals surface area (Å²) in [6.07, 6.45) is 46.0. The van der Waals surface area contributed by atoms with Gasteiger partial charge in [0.25, 0.3) is 7.82 Å². The molecular weight excluding hydrogens is 695 g/mol. The molecule has 0 saturated heterocycles. The van der Waals surface area contributed by atoms with Gasteiger partial charge in [-0.3, -0.25) is 9.36 Å². The highest BCUT2D eigenvalue weighted by Crippen LogP contribution is 2.38. The zero-order valence-electron chi connectivity index (χ0n) is 35.9. The predicted octanol–water partition coefficient (Wildman–Crippen LogP) is 11.7. The Labute approximate surface area is 334 Å². The van der Waals surface area contributed by atoms with E-state index in [2.05, 4.69) is 43.5 Å². The Balaban J connectivity index is 3.99. The van der Waals surface area contributed by atoms with Gasteiger partial charge in [0.2, 0.25) is 5.91 Å². The Morgan fingerprint density at radius 2 is 1.04 bits per heavy atom. The molecule has 0 aromatic heterocycles. The number of nitrogens with zero attached hydrogens (tertiary/aromatic N) is 1. The second kappa shape index (κ2) is 37.3. The molecule has 54 heavy (non-hydrogen) atoms. The quantitative estimate of drug-likeness (QED) is 0.0277. The van der Waals surface area contributed by atoms with Crippen LogP contribution in [0.1, 0.15) is 194 Å². The third-order valence-electron chi connectivity index (χ3n) is 9.83. The Morgan fingerprint density at radius 3 is 1.50 bits per heavy atom. The van der Waals surface area contributed by atoms with E-state index < -0.39 is 26.6 Å². The summed E-state index contributed by atoms with van der Waals surface area (Å²) in [5.41, 5.74) is 0. The van der Waals surface area contributed by atoms with Crippen molar-refractivity contribution >= 4 is 13.7 Å². The molecule has 9 heteroatoms. The number of phosphoric acid groups is 1. The topological polar surface area (TPSA) is 108 Å². The van der Waals surface area contributed by atoms with E-state index in [1.54, 1.807) is 6.08 Å². The molecule has 0 aliphatic heterocycles. The van der Waals surface area contributed by atoms with Crippen LogP contribution < -0.4 is 10.2 Å². The molecule has 8 nitrogen and oxygen atoms in total. The molecular formula is C45H87N2O6P. The van der Waals surface area contributed by atoms with Gasteiger partial charge in [-0.1, -0.05) is 179 Å². The van der Waals surface area contributed by atoms with Gasteiger partial charge < -0.3 is 28.8 Å². The van der Waals surface area contributed by atoms with E-state index in [0.29, 0.717) is 17.4 Å². The summed E-state index contributed by atoms with van der Waals surface area (Å²) < 4.78 is 22.9. The lowest BCUT2D eigenvalue weighted by molar-refractivity contribution is -0.870. The number of rotatable bonds is 40. The lowest BCUT2D eigenvalue weighted by Gasteiger charge is -2.29. The number of amides is 1. The molecule has 3 unspecified atom stereocenters. The Bertz CT molecular complexity index is 980. The average molecular weight is 783 g/mol. The maximum Gasteiger partial charge on any atom is 0.268 e. The van der Waals surface area contributed by atoms with Crippen LogP contribution in [0.2, 0.25) is 0 Å². The van der Waals surface area contributed by atoms with Gasteiger partial charge in [-0.15, -0.1) is 0 Å². The normalized spacial score (nSPS) is 14.7. The summed E-state index contributed by atoms with van der Waals surface area (Å²) >= 11 is 0. The fourth-order valence-corrected chi connectivity index (χ4v) is 6.97. The fraction of sp³-hybridized carbons (Fsp3) is 0.844. The van der Waals surface area contributed by atoms with Gasteiger partial charge >= 0.3 is 0 Å². The van der Waals surface area contributed by atoms with Gasteiger partial charge in [0, 0.05) is 6.42 Å². The Morgan fingerprint density at radius 1 is 0.630 bits per heavy atom. The molecule has 0 aromatic carbocycles. The fourth-order valence-electron chi connectivity index (χ4n) is 6.24. The van der Waals surface area contributed by atoms with E-state index >= 15 is 0 Å². The molecule has 0 rings (SSSR count). The second-order valence-corrected chi connectivity index (χ2v) is 17.8. The van der Waals surface area contributed by atoms with Gasteiger partial charge in [-0.2, -0.15) is 0 Å². The van der Waals surface area contributed by atoms with Crippen LogP contribution in [0.15, 0.2) is 36.5 Å². The summed E-state index contributed by atoms with van der Waals surface area (Å²) in [6.45, 7) is 4.43. The largest absolute Gasteiger partial charge is 0.756 e. The highest BCUT2D eigenvalue weighted by molar-refractivity contribution is 7.45. The number of hydrogen-bond donors (Lipinski definition) is 2. The van der Waals surface area contributed by atoms with E-state index in [1.165, 1.54) is 128 Å². The number of unbranched alkanes of at least 4 members (excludes halogenated alkanes) is 23. The Kier molecular flexibility index (Phi) is 36.4. The minimum atomic E-state index is -4.58. The van der Waals surface area contributed by atoms with Gasteiger partial charge in [-0.05, 0) is 44.9 Å². The molecule has 0 bridgehead atoms. The molecule has 2 N–H and O–H groups in total. The van der Waals surface area contributed by atoms with Crippen LogP contribution in [-0.4, -0.2) is 68.5 Å². The highest BCUT2D eigenvalue weighted by atomic mass is 31.2. The van der Waals surface area contributed by atoms with E-state index in [4.69, 9.17) is 9.05 Å². The predicted molar refractivity (Wildman–Crippen MR) is 228 cm³/mol. The smallest absolute Gasteiger partial charge is 0.268 e. The molecule has 0 fully saturated rings. The van der Waals surface area contributed by atoms with Crippen molar-refractivity contribution in [1.82, 2.24) is 5.32 Å². The second-order valence-electron chi connectivity index (χ2n) is 16.4. The lowest BCUT2D eigenvalue weighted by atomic mass is 10.0. The maximum atomic E-state index is 12.5. The monoisotopic (exact) mass is 783 g/mol. The van der Waals surface area contributed by atoms with Crippen molar-refractivity contribution in [3.8, 4) is 0 Å². The minimum absolute atomic E-state index is 0.00969. The highest BCUT2D eigenvalue weighted by Gasteiger charge is 2.23. The molecule has 1 amide bonds. The van der Waals surface area contributed by atoms with Crippen LogP contribution >= 0.6 is 7.82 Å². The van der Waals surface area contributed by atoms with Gasteiger partial charge in [0.05, 0.1) is 39.9 Å². The molecule has 0 radical (unpaired) electrons. The number of hydrogen-bond acceptors (Lipinski definition) is 6. The number of likely N-dealkylation sites (N-methyl/N-ethyl adjacent to an activating group) is 1. The number of allylic oxidation sites excluding steroid dienone is 5. The molecule has 0 saturated carbocycles. The number of nitrogens with one attached hydrogen (secondary N) is 1. The first kappa shape index (κ1) is 52.7. The molecule has 0 aliphatic carbocycles. The van der Waals surface area contributed by atoms with Crippen LogP contribution in [0.4, 0.5) is 0 Å². The minimum Gasteiger partial charge on any atom is -0.756 e. The number of carbonyl (C=O) groups is 1. The van der Waals surface area contributed by atoms with Gasteiger partial charge in [-0.25, -0.2) is 0 Å². The van der Waals surface area contributed by atoms with Crippen molar-refractivity contribution in [2.45, 2.75) is 206 Å². The van der Waals surface area contributed by atoms with E-state index in [-0.39, 0.29) is 12.5 Å². The van der Waals surface area contributed by atoms with Crippen LogP contribution in [0.5, 0.6) is 0 Å². The number of carbonyl (C=O) groups excluding carboxylic acids is 1. The zero-order valence-corrected chi connectivity index (χ0v) is 36.8. The maximum absolute atomic E-state index is 12.5. The van der Waals surface area contributed by atoms with Gasteiger partial charge in [0.1, 0.15) is 13.2 Å². The first-order valence-corrected chi connectivity index (χ1v) is 23.8. The third kappa shape index (κ3) is 39.0. The standard InChI is InChI=1S/C45H87N2O6P/c1-6-8-10-11-12-13-14-15-16-17-18-19-20-21-22-23-24-25-26-27-28-29-30-31-32-33-34-35-37-38-44(48)43(46-45(49)39-36-9-7-2)42-53-54(50,51)52-41-40-47(3,4)5/h28-29,32-33,37-38,43-44,48H,6-27,30-31,34-36,39-42H2,1-5H3,(H-,46,49,50,51)/b29-28+,33-32+,38-37+.